The summed E-state index contributed by atoms with van der Waals surface area (Å²) in [5.74, 6) is -0.0740. The molecule has 0 saturated carbocycles. The molecule has 2 amide bonds. The van der Waals surface area contributed by atoms with Crippen molar-refractivity contribution in [2.24, 2.45) is 5.92 Å². The zero-order chi connectivity index (χ0) is 23.0. The van der Waals surface area contributed by atoms with Gasteiger partial charge in [-0.25, -0.2) is 9.78 Å². The molecule has 170 valence electrons. The zero-order valence-electron chi connectivity index (χ0n) is 17.8. The summed E-state index contributed by atoms with van der Waals surface area (Å²) in [4.78, 5) is 30.3. The van der Waals surface area contributed by atoms with E-state index in [0.717, 1.165) is 34.6 Å². The Bertz CT molecular complexity index is 1160. The average molecular weight is 482 g/mol. The number of alkyl carbamates (subject to hydrolysis) is 1. The van der Waals surface area contributed by atoms with Crippen molar-refractivity contribution in [3.05, 3.63) is 63.2 Å². The van der Waals surface area contributed by atoms with E-state index in [1.165, 1.54) is 17.4 Å². The SMILES string of the molecule is N#Cc1c(NC(=O)C=Cc2cccs2)sc2c1CCC(COC(=O)NCCn1ccnc1)C2. The number of carbonyl (C=O) groups is 2. The number of thiophene rings is 2. The molecule has 0 radical (unpaired) electrons. The van der Waals surface area contributed by atoms with Gasteiger partial charge in [0.25, 0.3) is 0 Å². The topological polar surface area (TPSA) is 109 Å². The van der Waals surface area contributed by atoms with Gasteiger partial charge in [-0.1, -0.05) is 6.07 Å². The van der Waals surface area contributed by atoms with Crippen LogP contribution in [0.3, 0.4) is 0 Å². The average Bonchev–Trinajstić information content (AvgIpc) is 3.57. The number of nitriles is 1. The number of aromatic nitrogens is 2. The lowest BCUT2D eigenvalue weighted by molar-refractivity contribution is -0.111. The summed E-state index contributed by atoms with van der Waals surface area (Å²) < 4.78 is 7.27. The van der Waals surface area contributed by atoms with Gasteiger partial charge in [0.05, 0.1) is 18.5 Å². The highest BCUT2D eigenvalue weighted by Crippen LogP contribution is 2.39. The molecule has 0 spiro atoms. The van der Waals surface area contributed by atoms with E-state index in [9.17, 15) is 14.9 Å². The Morgan fingerprint density at radius 1 is 1.42 bits per heavy atom. The number of rotatable bonds is 8. The van der Waals surface area contributed by atoms with E-state index >= 15 is 0 Å². The van der Waals surface area contributed by atoms with Crippen LogP contribution in [-0.4, -0.2) is 34.7 Å². The number of fused-ring (bicyclic) bond motifs is 1. The van der Waals surface area contributed by atoms with E-state index in [1.54, 1.807) is 29.9 Å². The van der Waals surface area contributed by atoms with Crippen molar-refractivity contribution >= 4 is 45.8 Å². The molecule has 1 aliphatic carbocycles. The Morgan fingerprint density at radius 2 is 2.33 bits per heavy atom. The fourth-order valence-corrected chi connectivity index (χ4v) is 5.58. The first-order valence-corrected chi connectivity index (χ1v) is 12.3. The number of amides is 2. The normalized spacial score (nSPS) is 15.1. The fraction of sp³-hybridized carbons (Fsp3) is 0.304. The van der Waals surface area contributed by atoms with E-state index in [4.69, 9.17) is 4.74 Å². The van der Waals surface area contributed by atoms with Gasteiger partial charge < -0.3 is 19.9 Å². The lowest BCUT2D eigenvalue weighted by Gasteiger charge is -2.21. The largest absolute Gasteiger partial charge is 0.449 e. The van der Waals surface area contributed by atoms with Crippen LogP contribution in [0.1, 0.15) is 27.3 Å². The number of hydrogen-bond acceptors (Lipinski definition) is 7. The van der Waals surface area contributed by atoms with Crippen molar-refractivity contribution < 1.29 is 14.3 Å². The van der Waals surface area contributed by atoms with Crippen LogP contribution in [0, 0.1) is 17.2 Å². The van der Waals surface area contributed by atoms with Crippen molar-refractivity contribution in [3.8, 4) is 6.07 Å². The van der Waals surface area contributed by atoms with E-state index in [2.05, 4.69) is 21.7 Å². The maximum Gasteiger partial charge on any atom is 0.407 e. The third kappa shape index (κ3) is 6.09. The summed E-state index contributed by atoms with van der Waals surface area (Å²) in [6, 6.07) is 6.11. The van der Waals surface area contributed by atoms with Crippen molar-refractivity contribution in [2.45, 2.75) is 25.8 Å². The number of nitrogens with one attached hydrogen (secondary N) is 2. The van der Waals surface area contributed by atoms with Gasteiger partial charge in [-0.2, -0.15) is 5.26 Å². The molecule has 0 fully saturated rings. The predicted octanol–water partition coefficient (Wildman–Crippen LogP) is 4.06. The summed E-state index contributed by atoms with van der Waals surface area (Å²) in [7, 11) is 0. The Morgan fingerprint density at radius 3 is 3.09 bits per heavy atom. The van der Waals surface area contributed by atoms with Gasteiger partial charge >= 0.3 is 6.09 Å². The number of imidazole rings is 1. The van der Waals surface area contributed by atoms with Gasteiger partial charge in [0.15, 0.2) is 0 Å². The summed E-state index contributed by atoms with van der Waals surface area (Å²) in [6.07, 6.45) is 10.3. The maximum atomic E-state index is 12.3. The minimum Gasteiger partial charge on any atom is -0.449 e. The highest BCUT2D eigenvalue weighted by Gasteiger charge is 2.27. The molecule has 1 unspecified atom stereocenters. The monoisotopic (exact) mass is 481 g/mol. The molecule has 2 N–H and O–H groups in total. The van der Waals surface area contributed by atoms with Crippen molar-refractivity contribution in [2.75, 3.05) is 18.5 Å². The number of anilines is 1. The van der Waals surface area contributed by atoms with Gasteiger partial charge in [-0.3, -0.25) is 4.79 Å². The number of ether oxygens (including phenoxy) is 1. The second kappa shape index (κ2) is 10.9. The molecule has 1 atom stereocenters. The summed E-state index contributed by atoms with van der Waals surface area (Å²) >= 11 is 2.99. The highest BCUT2D eigenvalue weighted by molar-refractivity contribution is 7.16. The first kappa shape index (κ1) is 22.8. The van der Waals surface area contributed by atoms with Crippen molar-refractivity contribution in [1.82, 2.24) is 14.9 Å². The standard InChI is InChI=1S/C23H23N5O3S2/c24-13-19-18-5-3-16(14-31-23(30)26-8-10-28-9-7-25-15-28)12-20(18)33-22(19)27-21(29)6-4-17-2-1-11-32-17/h1-2,4,6-7,9,11,15-16H,3,5,8,10,12,14H2,(H,26,30)(H,27,29). The van der Waals surface area contributed by atoms with Crippen LogP contribution in [0.15, 0.2) is 42.3 Å². The van der Waals surface area contributed by atoms with Crippen LogP contribution in [0.2, 0.25) is 0 Å². The van der Waals surface area contributed by atoms with Crippen LogP contribution < -0.4 is 10.6 Å². The predicted molar refractivity (Wildman–Crippen MR) is 128 cm³/mol. The molecule has 33 heavy (non-hydrogen) atoms. The van der Waals surface area contributed by atoms with Crippen LogP contribution in [-0.2, 0) is 28.9 Å². The lowest BCUT2D eigenvalue weighted by Crippen LogP contribution is -2.30. The van der Waals surface area contributed by atoms with Gasteiger partial charge in [0, 0.05) is 41.3 Å². The molecule has 3 heterocycles. The van der Waals surface area contributed by atoms with E-state index in [1.807, 2.05) is 28.3 Å². The van der Waals surface area contributed by atoms with E-state index in [-0.39, 0.29) is 11.8 Å². The molecule has 8 nitrogen and oxygen atoms in total. The summed E-state index contributed by atoms with van der Waals surface area (Å²) in [5.41, 5.74) is 1.55. The maximum absolute atomic E-state index is 12.3. The molecular weight excluding hydrogens is 458 g/mol. The molecular formula is C23H23N5O3S2. The van der Waals surface area contributed by atoms with Gasteiger partial charge in [0.2, 0.25) is 5.91 Å². The van der Waals surface area contributed by atoms with E-state index in [0.29, 0.717) is 30.3 Å². The number of carbonyl (C=O) groups excluding carboxylic acids is 2. The zero-order valence-corrected chi connectivity index (χ0v) is 19.5. The second-order valence-electron chi connectivity index (χ2n) is 7.59. The van der Waals surface area contributed by atoms with Crippen LogP contribution in [0.25, 0.3) is 6.08 Å². The Kier molecular flexibility index (Phi) is 7.55. The van der Waals surface area contributed by atoms with Crippen LogP contribution >= 0.6 is 22.7 Å². The minimum atomic E-state index is -0.435. The smallest absolute Gasteiger partial charge is 0.407 e. The van der Waals surface area contributed by atoms with Crippen LogP contribution in [0.4, 0.5) is 9.80 Å². The Hall–Kier alpha value is -3.42. The highest BCUT2D eigenvalue weighted by atomic mass is 32.1. The Balaban J connectivity index is 1.28. The van der Waals surface area contributed by atoms with E-state index < -0.39 is 6.09 Å². The lowest BCUT2D eigenvalue weighted by atomic mass is 9.88. The fourth-order valence-electron chi connectivity index (χ4n) is 3.65. The van der Waals surface area contributed by atoms with Gasteiger partial charge in [-0.15, -0.1) is 22.7 Å². The van der Waals surface area contributed by atoms with Crippen molar-refractivity contribution in [1.29, 1.82) is 5.26 Å². The molecule has 0 aliphatic heterocycles. The molecule has 10 heteroatoms. The van der Waals surface area contributed by atoms with Gasteiger partial charge in [0.1, 0.15) is 11.1 Å². The quantitative estimate of drug-likeness (QED) is 0.472. The number of hydrogen-bond donors (Lipinski definition) is 2. The molecule has 3 aromatic heterocycles. The van der Waals surface area contributed by atoms with Crippen molar-refractivity contribution in [3.63, 3.8) is 0 Å². The first-order chi connectivity index (χ1) is 16.1. The molecule has 0 bridgehead atoms. The number of nitrogens with zero attached hydrogens (tertiary/aromatic N) is 3. The molecule has 4 rings (SSSR count). The third-order valence-electron chi connectivity index (χ3n) is 5.31. The summed E-state index contributed by atoms with van der Waals surface area (Å²) in [5, 5.41) is 17.8. The third-order valence-corrected chi connectivity index (χ3v) is 7.31. The second-order valence-corrected chi connectivity index (χ2v) is 9.68. The molecule has 0 saturated heterocycles. The molecule has 3 aromatic rings. The summed E-state index contributed by atoms with van der Waals surface area (Å²) in [6.45, 7) is 1.41. The van der Waals surface area contributed by atoms with Crippen LogP contribution in [0.5, 0.6) is 0 Å². The molecule has 1 aliphatic rings. The molecule has 0 aromatic carbocycles. The minimum absolute atomic E-state index is 0.185. The van der Waals surface area contributed by atoms with Gasteiger partial charge in [-0.05, 0) is 48.3 Å². The Labute approximate surface area is 199 Å². The first-order valence-electron chi connectivity index (χ1n) is 10.6.